The molecule has 0 atom stereocenters. The van der Waals surface area contributed by atoms with E-state index >= 15 is 0 Å². The van der Waals surface area contributed by atoms with E-state index in [-0.39, 0.29) is 37.6 Å². The van der Waals surface area contributed by atoms with E-state index < -0.39 is 51.9 Å². The van der Waals surface area contributed by atoms with Gasteiger partial charge >= 0.3 is 5.97 Å². The highest BCUT2D eigenvalue weighted by Gasteiger charge is 2.31. The summed E-state index contributed by atoms with van der Waals surface area (Å²) in [4.78, 5) is 89.5. The summed E-state index contributed by atoms with van der Waals surface area (Å²) in [5, 5.41) is 6.37. The highest BCUT2D eigenvalue weighted by molar-refractivity contribution is 6.13. The Morgan fingerprint density at radius 3 is 1.47 bits per heavy atom. The molecule has 2 aliphatic rings. The zero-order valence-corrected chi connectivity index (χ0v) is 28.9. The molecule has 2 aliphatic heterocycles. The third kappa shape index (κ3) is 14.2. The van der Waals surface area contributed by atoms with Crippen LogP contribution in [0.1, 0.15) is 100 Å². The minimum atomic E-state index is -0.720. The Kier molecular flexibility index (Phi) is 13.6. The van der Waals surface area contributed by atoms with Gasteiger partial charge in [-0.2, -0.15) is 0 Å². The van der Waals surface area contributed by atoms with Gasteiger partial charge in [-0.15, -0.1) is 0 Å². The van der Waals surface area contributed by atoms with Crippen LogP contribution in [0.2, 0.25) is 0 Å². The van der Waals surface area contributed by atoms with Crippen molar-refractivity contribution in [3.05, 3.63) is 24.3 Å². The molecular weight excluding hydrogens is 612 g/mol. The van der Waals surface area contributed by atoms with Crippen molar-refractivity contribution in [1.82, 2.24) is 20.6 Å². The predicted octanol–water partition coefficient (Wildman–Crippen LogP) is 2.41. The molecule has 0 aromatic rings. The van der Waals surface area contributed by atoms with Gasteiger partial charge in [0.05, 0.1) is 17.6 Å². The van der Waals surface area contributed by atoms with E-state index in [1.54, 1.807) is 0 Å². The molecule has 47 heavy (non-hydrogen) atoms. The molecule has 2 rings (SSSR count). The summed E-state index contributed by atoms with van der Waals surface area (Å²) in [6, 6.07) is 0. The number of carbonyl (C=O) groups excluding carboxylic acids is 7. The van der Waals surface area contributed by atoms with Gasteiger partial charge in [0.2, 0.25) is 11.8 Å². The minimum absolute atomic E-state index is 0.00600. The first kappa shape index (κ1) is 39.3. The number of nitrogens with zero attached hydrogens (tertiary/aromatic N) is 2. The largest absolute Gasteiger partial charge is 0.375 e. The van der Waals surface area contributed by atoms with E-state index in [9.17, 15) is 33.6 Å². The first-order valence-electron chi connectivity index (χ1n) is 15.8. The predicted molar refractivity (Wildman–Crippen MR) is 170 cm³/mol. The molecule has 262 valence electrons. The lowest BCUT2D eigenvalue weighted by atomic mass is 9.97. The van der Waals surface area contributed by atoms with Crippen LogP contribution < -0.4 is 10.6 Å². The number of imide groups is 2. The smallest absolute Gasteiger partial charge is 0.333 e. The molecule has 0 aromatic carbocycles. The topological polar surface area (TPSA) is 178 Å². The molecule has 0 saturated heterocycles. The number of nitrogens with one attached hydrogen (secondary N) is 2. The van der Waals surface area contributed by atoms with Crippen LogP contribution in [0.15, 0.2) is 24.3 Å². The second-order valence-electron chi connectivity index (χ2n) is 14.3. The molecule has 0 saturated carbocycles. The molecule has 0 spiro atoms. The third-order valence-corrected chi connectivity index (χ3v) is 7.71. The van der Waals surface area contributed by atoms with Crippen LogP contribution in [0.3, 0.4) is 0 Å². The molecule has 14 heteroatoms. The van der Waals surface area contributed by atoms with Crippen LogP contribution >= 0.6 is 0 Å². The van der Waals surface area contributed by atoms with Gasteiger partial charge in [-0.05, 0) is 81.1 Å². The minimum Gasteiger partial charge on any atom is -0.375 e. The summed E-state index contributed by atoms with van der Waals surface area (Å²) >= 11 is 0. The number of amides is 6. The van der Waals surface area contributed by atoms with Crippen molar-refractivity contribution in [3.8, 4) is 0 Å². The van der Waals surface area contributed by atoms with Crippen LogP contribution in [0, 0.1) is 0 Å². The number of hydrogen-bond acceptors (Lipinski definition) is 10. The van der Waals surface area contributed by atoms with Gasteiger partial charge in [-0.1, -0.05) is 5.06 Å². The number of carbonyl (C=O) groups is 7. The fourth-order valence-electron chi connectivity index (χ4n) is 4.62. The molecule has 6 amide bonds. The van der Waals surface area contributed by atoms with Crippen molar-refractivity contribution in [2.75, 3.05) is 19.8 Å². The molecular formula is C33H50N4O10. The zero-order chi connectivity index (χ0) is 35.6. The van der Waals surface area contributed by atoms with Crippen molar-refractivity contribution < 1.29 is 47.9 Å². The Hall–Kier alpha value is -3.91. The quantitative estimate of drug-likeness (QED) is 0.184. The Morgan fingerprint density at radius 2 is 1.00 bits per heavy atom. The maximum absolute atomic E-state index is 12.8. The normalized spacial score (nSPS) is 15.6. The summed E-state index contributed by atoms with van der Waals surface area (Å²) in [5.41, 5.74) is -2.43. The van der Waals surface area contributed by atoms with Crippen molar-refractivity contribution in [1.29, 1.82) is 0 Å². The monoisotopic (exact) mass is 662 g/mol. The summed E-state index contributed by atoms with van der Waals surface area (Å²) in [7, 11) is 0. The standard InChI is InChI=1S/C33H50N4O10/c1-30(2,18-22-46-33(7,8)17-14-29(44)47-37-27(42)11-12-28(37)43)34-23(38)13-16-32(5,6)45-21-19-31(3,4)35-24(39)15-20-36-25(40)9-10-26(36)41/h9-12H,13-22H2,1-8H3,(H,34,38)(H,35,39). The molecule has 0 fully saturated rings. The summed E-state index contributed by atoms with van der Waals surface area (Å²) in [5.74, 6) is -3.37. The van der Waals surface area contributed by atoms with Gasteiger partial charge in [0.25, 0.3) is 23.6 Å². The Bertz CT molecular complexity index is 1250. The van der Waals surface area contributed by atoms with Crippen LogP contribution in [0.4, 0.5) is 0 Å². The molecule has 2 heterocycles. The second-order valence-corrected chi connectivity index (χ2v) is 14.3. The lowest BCUT2D eigenvalue weighted by Gasteiger charge is -2.32. The maximum atomic E-state index is 12.8. The van der Waals surface area contributed by atoms with E-state index in [2.05, 4.69) is 10.6 Å². The Morgan fingerprint density at radius 1 is 0.596 bits per heavy atom. The second kappa shape index (κ2) is 16.3. The van der Waals surface area contributed by atoms with Gasteiger partial charge in [0.15, 0.2) is 0 Å². The first-order chi connectivity index (χ1) is 21.6. The third-order valence-electron chi connectivity index (χ3n) is 7.71. The van der Waals surface area contributed by atoms with E-state index in [0.29, 0.717) is 44.0 Å². The van der Waals surface area contributed by atoms with Crippen LogP contribution in [-0.2, 0) is 47.9 Å². The zero-order valence-electron chi connectivity index (χ0n) is 28.9. The van der Waals surface area contributed by atoms with Crippen molar-refractivity contribution in [2.24, 2.45) is 0 Å². The van der Waals surface area contributed by atoms with E-state index in [4.69, 9.17) is 14.3 Å². The van der Waals surface area contributed by atoms with Gasteiger partial charge in [0.1, 0.15) is 0 Å². The highest BCUT2D eigenvalue weighted by Crippen LogP contribution is 2.22. The molecule has 2 N–H and O–H groups in total. The highest BCUT2D eigenvalue weighted by atomic mass is 16.7. The maximum Gasteiger partial charge on any atom is 0.333 e. The lowest BCUT2D eigenvalue weighted by Crippen LogP contribution is -2.46. The number of rotatable bonds is 20. The van der Waals surface area contributed by atoms with Crippen LogP contribution in [0.5, 0.6) is 0 Å². The van der Waals surface area contributed by atoms with Crippen molar-refractivity contribution in [2.45, 2.75) is 123 Å². The number of ether oxygens (including phenoxy) is 2. The SMILES string of the molecule is CC(C)(CCOC(C)(C)CCC(=O)NC(C)(C)CCOC(C)(C)CCC(=O)ON1C(=O)C=CC1=O)NC(=O)CCN1C(=O)C=CC1=O. The van der Waals surface area contributed by atoms with Crippen LogP contribution in [0.25, 0.3) is 0 Å². The van der Waals surface area contributed by atoms with Crippen molar-refractivity contribution in [3.63, 3.8) is 0 Å². The molecule has 0 bridgehead atoms. The van der Waals surface area contributed by atoms with Gasteiger partial charge in [-0.3, -0.25) is 33.7 Å². The molecule has 0 radical (unpaired) electrons. The van der Waals surface area contributed by atoms with E-state index in [0.717, 1.165) is 17.1 Å². The summed E-state index contributed by atoms with van der Waals surface area (Å²) in [6.07, 6.45) is 6.40. The lowest BCUT2D eigenvalue weighted by molar-refractivity contribution is -0.196. The number of hydroxylamine groups is 2. The molecule has 14 nitrogen and oxygen atoms in total. The van der Waals surface area contributed by atoms with Gasteiger partial charge < -0.3 is 24.9 Å². The average molecular weight is 663 g/mol. The Balaban J connectivity index is 1.64. The van der Waals surface area contributed by atoms with Gasteiger partial charge in [-0.25, -0.2) is 4.79 Å². The number of hydrogen-bond donors (Lipinski definition) is 2. The van der Waals surface area contributed by atoms with E-state index in [1.807, 2.05) is 55.4 Å². The summed E-state index contributed by atoms with van der Waals surface area (Å²) in [6.45, 7) is 15.6. The van der Waals surface area contributed by atoms with Crippen LogP contribution in [-0.4, -0.2) is 93.4 Å². The fourth-order valence-corrected chi connectivity index (χ4v) is 4.62. The molecule has 0 aliphatic carbocycles. The average Bonchev–Trinajstić information content (AvgIpc) is 3.43. The summed E-state index contributed by atoms with van der Waals surface area (Å²) < 4.78 is 12.0. The molecule has 0 aromatic heterocycles. The first-order valence-corrected chi connectivity index (χ1v) is 15.8. The van der Waals surface area contributed by atoms with Crippen molar-refractivity contribution >= 4 is 41.4 Å². The fraction of sp³-hybridized carbons (Fsp3) is 0.667. The Labute approximate surface area is 276 Å². The van der Waals surface area contributed by atoms with Gasteiger partial charge in [0, 0.05) is 68.0 Å². The van der Waals surface area contributed by atoms with E-state index in [1.165, 1.54) is 12.2 Å². The molecule has 0 unspecified atom stereocenters.